The van der Waals surface area contributed by atoms with E-state index in [1.807, 2.05) is 18.2 Å². The van der Waals surface area contributed by atoms with Crippen LogP contribution in [0.2, 0.25) is 0 Å². The lowest BCUT2D eigenvalue weighted by Crippen LogP contribution is -2.30. The third kappa shape index (κ3) is 4.99. The summed E-state index contributed by atoms with van der Waals surface area (Å²) in [5.74, 6) is 0. The SMILES string of the molecule is Cc1ccc2c(oc3c(-c4ccc(-c5ccc(C(C)(C)C)cc5)cc4)c(C#N)ccc32)c1-c1cc(-c2ccccc2)cc[n+]1C. The van der Waals surface area contributed by atoms with Gasteiger partial charge in [-0.05, 0) is 63.4 Å². The summed E-state index contributed by atoms with van der Waals surface area (Å²) in [5, 5.41) is 12.2. The lowest BCUT2D eigenvalue weighted by molar-refractivity contribution is -0.660. The number of benzene rings is 5. The number of nitriles is 1. The highest BCUT2D eigenvalue weighted by molar-refractivity contribution is 6.14. The summed E-state index contributed by atoms with van der Waals surface area (Å²) in [6, 6.07) is 42.8. The van der Waals surface area contributed by atoms with Crippen LogP contribution in [0.1, 0.15) is 37.5 Å². The van der Waals surface area contributed by atoms with E-state index >= 15 is 0 Å². The average molecular weight is 584 g/mol. The van der Waals surface area contributed by atoms with Gasteiger partial charge in [-0.3, -0.25) is 0 Å². The maximum Gasteiger partial charge on any atom is 0.216 e. The van der Waals surface area contributed by atoms with Gasteiger partial charge < -0.3 is 4.42 Å². The van der Waals surface area contributed by atoms with Crippen LogP contribution in [0, 0.1) is 18.3 Å². The zero-order chi connectivity index (χ0) is 31.3. The van der Waals surface area contributed by atoms with Crippen molar-refractivity contribution in [2.45, 2.75) is 33.1 Å². The number of nitrogens with zero attached hydrogens (tertiary/aromatic N) is 2. The van der Waals surface area contributed by atoms with Gasteiger partial charge in [-0.1, -0.05) is 112 Å². The van der Waals surface area contributed by atoms with Crippen LogP contribution in [-0.2, 0) is 12.5 Å². The van der Waals surface area contributed by atoms with Gasteiger partial charge in [0.2, 0.25) is 5.69 Å². The summed E-state index contributed by atoms with van der Waals surface area (Å²) >= 11 is 0. The predicted octanol–water partition coefficient (Wildman–Crippen LogP) is 10.6. The fourth-order valence-electron chi connectivity index (χ4n) is 6.32. The summed E-state index contributed by atoms with van der Waals surface area (Å²) in [4.78, 5) is 0. The van der Waals surface area contributed by atoms with Gasteiger partial charge in [-0.15, -0.1) is 0 Å². The van der Waals surface area contributed by atoms with Crippen LogP contribution in [0.25, 0.3) is 66.6 Å². The molecule has 7 rings (SSSR count). The van der Waals surface area contributed by atoms with Gasteiger partial charge in [-0.2, -0.15) is 5.26 Å². The van der Waals surface area contributed by atoms with Crippen molar-refractivity contribution in [3.63, 3.8) is 0 Å². The second-order valence-electron chi connectivity index (χ2n) is 12.9. The van der Waals surface area contributed by atoms with Gasteiger partial charge in [-0.25, -0.2) is 4.57 Å². The Kier molecular flexibility index (Phi) is 6.87. The first-order valence-electron chi connectivity index (χ1n) is 15.4. The summed E-state index contributed by atoms with van der Waals surface area (Å²) in [5.41, 5.74) is 13.3. The highest BCUT2D eigenvalue weighted by atomic mass is 16.3. The molecule has 0 aliphatic rings. The molecular weight excluding hydrogens is 548 g/mol. The third-order valence-electron chi connectivity index (χ3n) is 8.91. The average Bonchev–Trinajstić information content (AvgIpc) is 3.43. The van der Waals surface area contributed by atoms with Crippen LogP contribution in [-0.4, -0.2) is 0 Å². The van der Waals surface area contributed by atoms with E-state index in [1.165, 1.54) is 16.7 Å². The van der Waals surface area contributed by atoms with Gasteiger partial charge in [0.05, 0.1) is 17.2 Å². The third-order valence-corrected chi connectivity index (χ3v) is 8.91. The first-order valence-corrected chi connectivity index (χ1v) is 15.4. The van der Waals surface area contributed by atoms with E-state index in [1.54, 1.807) is 0 Å². The second kappa shape index (κ2) is 10.9. The maximum atomic E-state index is 10.2. The Labute approximate surface area is 264 Å². The summed E-state index contributed by atoms with van der Waals surface area (Å²) in [6.45, 7) is 8.82. The molecule has 5 aromatic carbocycles. The van der Waals surface area contributed by atoms with Crippen LogP contribution in [0.4, 0.5) is 0 Å². The molecule has 2 heterocycles. The monoisotopic (exact) mass is 583 g/mol. The van der Waals surface area contributed by atoms with Gasteiger partial charge in [0, 0.05) is 28.5 Å². The lowest BCUT2D eigenvalue weighted by Gasteiger charge is -2.19. The molecule has 45 heavy (non-hydrogen) atoms. The number of aryl methyl sites for hydroxylation is 2. The molecule has 0 fully saturated rings. The van der Waals surface area contributed by atoms with E-state index < -0.39 is 0 Å². The van der Waals surface area contributed by atoms with Gasteiger partial charge in [0.15, 0.2) is 6.20 Å². The van der Waals surface area contributed by atoms with Crippen molar-refractivity contribution in [1.29, 1.82) is 5.26 Å². The number of rotatable bonds is 4. The zero-order valence-corrected chi connectivity index (χ0v) is 26.3. The lowest BCUT2D eigenvalue weighted by atomic mass is 9.86. The van der Waals surface area contributed by atoms with Gasteiger partial charge in [0.25, 0.3) is 0 Å². The van der Waals surface area contributed by atoms with E-state index in [4.69, 9.17) is 4.42 Å². The first kappa shape index (κ1) is 28.3. The van der Waals surface area contributed by atoms with Crippen molar-refractivity contribution in [3.8, 4) is 50.7 Å². The van der Waals surface area contributed by atoms with E-state index in [-0.39, 0.29) is 5.41 Å². The molecule has 0 saturated carbocycles. The molecule has 3 heteroatoms. The maximum absolute atomic E-state index is 10.2. The van der Waals surface area contributed by atoms with Crippen molar-refractivity contribution in [2.75, 3.05) is 0 Å². The zero-order valence-electron chi connectivity index (χ0n) is 26.3. The predicted molar refractivity (Wildman–Crippen MR) is 185 cm³/mol. The standard InChI is InChI=1S/C42H35N2O/c1-27-11-21-35-36-22-18-33(26-43)39(31-14-12-29(13-15-31)30-16-19-34(20-17-30)42(2,3)4)41(36)45-40(35)38(27)37-25-32(23-24-44(37)5)28-9-7-6-8-10-28/h6-25H,1-5H3/q+1. The van der Waals surface area contributed by atoms with E-state index in [0.717, 1.165) is 61.0 Å². The van der Waals surface area contributed by atoms with Crippen LogP contribution < -0.4 is 4.57 Å². The quantitative estimate of drug-likeness (QED) is 0.193. The Balaban J connectivity index is 1.38. The second-order valence-corrected chi connectivity index (χ2v) is 12.9. The molecule has 0 atom stereocenters. The van der Waals surface area contributed by atoms with Gasteiger partial charge in [0.1, 0.15) is 18.2 Å². The Hall–Kier alpha value is -5.46. The van der Waals surface area contributed by atoms with Crippen molar-refractivity contribution in [3.05, 3.63) is 138 Å². The molecular formula is C42H35N2O+. The Bertz CT molecular complexity index is 2240. The Morgan fingerprint density at radius 3 is 1.84 bits per heavy atom. The van der Waals surface area contributed by atoms with Gasteiger partial charge >= 0.3 is 0 Å². The van der Waals surface area contributed by atoms with Crippen LogP contribution in [0.15, 0.2) is 126 Å². The summed E-state index contributed by atoms with van der Waals surface area (Å²) < 4.78 is 8.99. The molecule has 0 aliphatic carbocycles. The van der Waals surface area contributed by atoms with E-state index in [9.17, 15) is 5.26 Å². The Morgan fingerprint density at radius 1 is 0.622 bits per heavy atom. The molecule has 0 aliphatic heterocycles. The number of aromatic nitrogens is 1. The minimum absolute atomic E-state index is 0.113. The molecule has 0 unspecified atom stereocenters. The number of hydrogen-bond acceptors (Lipinski definition) is 2. The molecule has 0 spiro atoms. The van der Waals surface area contributed by atoms with Crippen LogP contribution in [0.3, 0.4) is 0 Å². The number of furan rings is 1. The number of pyridine rings is 1. The summed E-state index contributed by atoms with van der Waals surface area (Å²) in [6.07, 6.45) is 2.11. The molecule has 0 amide bonds. The fourth-order valence-corrected chi connectivity index (χ4v) is 6.32. The molecule has 0 bridgehead atoms. The minimum atomic E-state index is 0.113. The molecule has 0 radical (unpaired) electrons. The molecule has 0 N–H and O–H groups in total. The topological polar surface area (TPSA) is 40.8 Å². The molecule has 218 valence electrons. The minimum Gasteiger partial charge on any atom is -0.454 e. The first-order chi connectivity index (χ1) is 21.7. The highest BCUT2D eigenvalue weighted by Gasteiger charge is 2.24. The largest absolute Gasteiger partial charge is 0.454 e. The van der Waals surface area contributed by atoms with Crippen LogP contribution >= 0.6 is 0 Å². The molecule has 2 aromatic heterocycles. The molecule has 0 saturated heterocycles. The van der Waals surface area contributed by atoms with Crippen molar-refractivity contribution >= 4 is 21.9 Å². The van der Waals surface area contributed by atoms with E-state index in [0.29, 0.717) is 5.56 Å². The number of fused-ring (bicyclic) bond motifs is 3. The summed E-state index contributed by atoms with van der Waals surface area (Å²) in [7, 11) is 2.07. The highest BCUT2D eigenvalue weighted by Crippen LogP contribution is 2.42. The fraction of sp³-hybridized carbons (Fsp3) is 0.143. The molecule has 3 nitrogen and oxygen atoms in total. The van der Waals surface area contributed by atoms with E-state index in [2.05, 4.69) is 149 Å². The van der Waals surface area contributed by atoms with Crippen molar-refractivity contribution in [2.24, 2.45) is 7.05 Å². The number of hydrogen-bond donors (Lipinski definition) is 0. The molecule has 7 aromatic rings. The normalized spacial score (nSPS) is 11.6. The van der Waals surface area contributed by atoms with Crippen molar-refractivity contribution in [1.82, 2.24) is 0 Å². The van der Waals surface area contributed by atoms with Crippen LogP contribution in [0.5, 0.6) is 0 Å². The Morgan fingerprint density at radius 2 is 1.20 bits per heavy atom. The van der Waals surface area contributed by atoms with Crippen molar-refractivity contribution < 1.29 is 8.98 Å². The smallest absolute Gasteiger partial charge is 0.216 e.